The standard InChI is InChI=1S/C24H38F2O4/c1-5-6-7-8-9-10-11-12-15-29-24(3,4)17-21(26)18(2)30-22-14-13-19(23(27)28)16-20(22)25/h13-14,16,18,21H,5-12,15,17H2,1-4H3,(H,27,28)/t18-,21-/m0/s1. The maximum atomic E-state index is 14.7. The zero-order chi connectivity index (χ0) is 22.6. The summed E-state index contributed by atoms with van der Waals surface area (Å²) >= 11 is 0. The van der Waals surface area contributed by atoms with Gasteiger partial charge in [0.15, 0.2) is 11.6 Å². The van der Waals surface area contributed by atoms with Crippen LogP contribution in [-0.2, 0) is 4.74 Å². The van der Waals surface area contributed by atoms with Gasteiger partial charge in [-0.05, 0) is 45.4 Å². The van der Waals surface area contributed by atoms with E-state index in [1.54, 1.807) is 0 Å². The topological polar surface area (TPSA) is 55.8 Å². The molecule has 0 aliphatic heterocycles. The molecule has 1 aromatic carbocycles. The Morgan fingerprint density at radius 2 is 1.70 bits per heavy atom. The van der Waals surface area contributed by atoms with E-state index < -0.39 is 29.7 Å². The quantitative estimate of drug-likeness (QED) is 0.289. The molecule has 6 heteroatoms. The number of halogens is 2. The third kappa shape index (κ3) is 10.4. The highest BCUT2D eigenvalue weighted by molar-refractivity contribution is 5.87. The number of unbranched alkanes of at least 4 members (excludes halogenated alkanes) is 7. The van der Waals surface area contributed by atoms with Gasteiger partial charge in [0.1, 0.15) is 12.3 Å². The zero-order valence-electron chi connectivity index (χ0n) is 18.9. The summed E-state index contributed by atoms with van der Waals surface area (Å²) in [6.07, 6.45) is 7.60. The van der Waals surface area contributed by atoms with Crippen LogP contribution >= 0.6 is 0 Å². The highest BCUT2D eigenvalue weighted by atomic mass is 19.1. The summed E-state index contributed by atoms with van der Waals surface area (Å²) in [5, 5.41) is 8.88. The van der Waals surface area contributed by atoms with Gasteiger partial charge in [0.05, 0.1) is 11.2 Å². The van der Waals surface area contributed by atoms with Crippen LogP contribution < -0.4 is 4.74 Å². The average Bonchev–Trinajstić information content (AvgIpc) is 2.67. The fourth-order valence-electron chi connectivity index (χ4n) is 3.28. The number of hydrogen-bond donors (Lipinski definition) is 1. The number of carbonyl (C=O) groups is 1. The van der Waals surface area contributed by atoms with Crippen LogP contribution in [0.2, 0.25) is 0 Å². The van der Waals surface area contributed by atoms with Gasteiger partial charge in [0.2, 0.25) is 0 Å². The molecule has 0 heterocycles. The molecule has 0 aliphatic rings. The maximum absolute atomic E-state index is 14.7. The molecule has 0 unspecified atom stereocenters. The number of hydrogen-bond acceptors (Lipinski definition) is 3. The molecule has 1 N–H and O–H groups in total. The SMILES string of the molecule is CCCCCCCCCCOC(C)(C)C[C@H](F)[C@H](C)Oc1ccc(C(=O)O)cc1F. The second-order valence-corrected chi connectivity index (χ2v) is 8.58. The van der Waals surface area contributed by atoms with Crippen LogP contribution in [0.3, 0.4) is 0 Å². The summed E-state index contributed by atoms with van der Waals surface area (Å²) in [6.45, 7) is 8.03. The Labute approximate surface area is 180 Å². The first-order valence-corrected chi connectivity index (χ1v) is 11.1. The smallest absolute Gasteiger partial charge is 0.335 e. The number of alkyl halides is 1. The van der Waals surface area contributed by atoms with Crippen molar-refractivity contribution in [3.8, 4) is 5.75 Å². The predicted octanol–water partition coefficient (Wildman–Crippen LogP) is 6.96. The molecular formula is C24H38F2O4. The van der Waals surface area contributed by atoms with Gasteiger partial charge in [-0.15, -0.1) is 0 Å². The molecule has 172 valence electrons. The van der Waals surface area contributed by atoms with E-state index in [4.69, 9.17) is 14.6 Å². The van der Waals surface area contributed by atoms with Crippen LogP contribution in [0.1, 0.15) is 95.8 Å². The summed E-state index contributed by atoms with van der Waals surface area (Å²) in [5.41, 5.74) is -0.830. The van der Waals surface area contributed by atoms with Crippen LogP contribution in [0, 0.1) is 5.82 Å². The van der Waals surface area contributed by atoms with Crippen molar-refractivity contribution < 1.29 is 28.2 Å². The van der Waals surface area contributed by atoms with Gasteiger partial charge < -0.3 is 14.6 Å². The Balaban J connectivity index is 2.34. The van der Waals surface area contributed by atoms with Gasteiger partial charge in [-0.3, -0.25) is 0 Å². The van der Waals surface area contributed by atoms with E-state index in [9.17, 15) is 13.6 Å². The minimum Gasteiger partial charge on any atom is -0.485 e. The molecule has 4 nitrogen and oxygen atoms in total. The Morgan fingerprint density at radius 3 is 2.27 bits per heavy atom. The summed E-state index contributed by atoms with van der Waals surface area (Å²) in [4.78, 5) is 10.9. The molecule has 0 aliphatic carbocycles. The molecule has 0 fully saturated rings. The van der Waals surface area contributed by atoms with Gasteiger partial charge in [0, 0.05) is 13.0 Å². The predicted molar refractivity (Wildman–Crippen MR) is 116 cm³/mol. The van der Waals surface area contributed by atoms with Crippen LogP contribution in [-0.4, -0.2) is 35.6 Å². The van der Waals surface area contributed by atoms with Gasteiger partial charge in [-0.2, -0.15) is 0 Å². The number of carboxylic acid groups (broad SMARTS) is 1. The number of ether oxygens (including phenoxy) is 2. The molecule has 1 rings (SSSR count). The Bertz CT molecular complexity index is 634. The average molecular weight is 429 g/mol. The first-order chi connectivity index (χ1) is 14.2. The van der Waals surface area contributed by atoms with Gasteiger partial charge in [-0.1, -0.05) is 51.9 Å². The van der Waals surface area contributed by atoms with Crippen LogP contribution in [0.5, 0.6) is 5.75 Å². The summed E-state index contributed by atoms with van der Waals surface area (Å²) in [5.74, 6) is -2.21. The third-order valence-corrected chi connectivity index (χ3v) is 5.18. The number of carboxylic acids is 1. The van der Waals surface area contributed by atoms with Crippen LogP contribution in [0.25, 0.3) is 0 Å². The lowest BCUT2D eigenvalue weighted by Gasteiger charge is -2.29. The molecule has 2 atom stereocenters. The lowest BCUT2D eigenvalue weighted by Crippen LogP contribution is -2.35. The zero-order valence-corrected chi connectivity index (χ0v) is 18.9. The van der Waals surface area contributed by atoms with E-state index >= 15 is 0 Å². The second-order valence-electron chi connectivity index (χ2n) is 8.58. The molecule has 0 bridgehead atoms. The molecule has 30 heavy (non-hydrogen) atoms. The van der Waals surface area contributed by atoms with Gasteiger partial charge in [-0.25, -0.2) is 13.6 Å². The van der Waals surface area contributed by atoms with E-state index in [0.717, 1.165) is 18.9 Å². The highest BCUT2D eigenvalue weighted by Crippen LogP contribution is 2.26. The number of rotatable bonds is 16. The molecular weight excluding hydrogens is 390 g/mol. The molecule has 0 saturated carbocycles. The lowest BCUT2D eigenvalue weighted by molar-refractivity contribution is -0.0516. The monoisotopic (exact) mass is 428 g/mol. The molecule has 0 amide bonds. The van der Waals surface area contributed by atoms with Crippen molar-refractivity contribution in [2.45, 2.75) is 103 Å². The third-order valence-electron chi connectivity index (χ3n) is 5.18. The number of aromatic carboxylic acids is 1. The van der Waals surface area contributed by atoms with E-state index in [1.807, 2.05) is 13.8 Å². The van der Waals surface area contributed by atoms with Crippen molar-refractivity contribution in [2.75, 3.05) is 6.61 Å². The van der Waals surface area contributed by atoms with Crippen molar-refractivity contribution in [3.05, 3.63) is 29.6 Å². The van der Waals surface area contributed by atoms with E-state index in [2.05, 4.69) is 6.92 Å². The minimum absolute atomic E-state index is 0.125. The highest BCUT2D eigenvalue weighted by Gasteiger charge is 2.29. The summed E-state index contributed by atoms with van der Waals surface area (Å²) in [6, 6.07) is 3.32. The van der Waals surface area contributed by atoms with E-state index in [0.29, 0.717) is 6.61 Å². The van der Waals surface area contributed by atoms with Crippen molar-refractivity contribution >= 4 is 5.97 Å². The minimum atomic E-state index is -1.35. The molecule has 0 radical (unpaired) electrons. The van der Waals surface area contributed by atoms with E-state index in [-0.39, 0.29) is 17.7 Å². The van der Waals surface area contributed by atoms with Crippen molar-refractivity contribution in [1.29, 1.82) is 0 Å². The maximum Gasteiger partial charge on any atom is 0.335 e. The molecule has 0 spiro atoms. The Kier molecular flexibility index (Phi) is 11.9. The molecule has 0 saturated heterocycles. The first-order valence-electron chi connectivity index (χ1n) is 11.1. The van der Waals surface area contributed by atoms with Crippen molar-refractivity contribution in [3.63, 3.8) is 0 Å². The molecule has 1 aromatic rings. The van der Waals surface area contributed by atoms with Crippen molar-refractivity contribution in [2.24, 2.45) is 0 Å². The molecule has 0 aromatic heterocycles. The summed E-state index contributed by atoms with van der Waals surface area (Å²) < 4.78 is 39.9. The normalized spacial score (nSPS) is 13.8. The fraction of sp³-hybridized carbons (Fsp3) is 0.708. The number of benzene rings is 1. The summed E-state index contributed by atoms with van der Waals surface area (Å²) in [7, 11) is 0. The Hall–Kier alpha value is -1.69. The van der Waals surface area contributed by atoms with Gasteiger partial charge >= 0.3 is 5.97 Å². The lowest BCUT2D eigenvalue weighted by atomic mass is 9.98. The largest absolute Gasteiger partial charge is 0.485 e. The van der Waals surface area contributed by atoms with Gasteiger partial charge in [0.25, 0.3) is 0 Å². The second kappa shape index (κ2) is 13.6. The van der Waals surface area contributed by atoms with Crippen LogP contribution in [0.4, 0.5) is 8.78 Å². The Morgan fingerprint density at radius 1 is 1.10 bits per heavy atom. The van der Waals surface area contributed by atoms with E-state index in [1.165, 1.54) is 57.6 Å². The fourth-order valence-corrected chi connectivity index (χ4v) is 3.28. The van der Waals surface area contributed by atoms with Crippen molar-refractivity contribution in [1.82, 2.24) is 0 Å². The van der Waals surface area contributed by atoms with Crippen LogP contribution in [0.15, 0.2) is 18.2 Å². The first kappa shape index (κ1) is 26.3.